The number of benzene rings is 1. The van der Waals surface area contributed by atoms with Crippen molar-refractivity contribution in [3.63, 3.8) is 0 Å². The van der Waals surface area contributed by atoms with Gasteiger partial charge in [-0.15, -0.1) is 0 Å². The Hall–Kier alpha value is -3.55. The first-order chi connectivity index (χ1) is 16.1. The number of hydrogen-bond acceptors (Lipinski definition) is 6. The Bertz CT molecular complexity index is 1100. The van der Waals surface area contributed by atoms with E-state index in [0.717, 1.165) is 36.6 Å². The van der Waals surface area contributed by atoms with Crippen LogP contribution in [-0.2, 0) is 4.74 Å². The molecule has 33 heavy (non-hydrogen) atoms. The molecule has 0 unspecified atom stereocenters. The van der Waals surface area contributed by atoms with E-state index in [4.69, 9.17) is 4.74 Å². The van der Waals surface area contributed by atoms with Gasteiger partial charge in [-0.3, -0.25) is 14.8 Å². The van der Waals surface area contributed by atoms with Crippen molar-refractivity contribution in [2.75, 3.05) is 19.7 Å². The van der Waals surface area contributed by atoms with E-state index in [1.807, 2.05) is 24.3 Å². The van der Waals surface area contributed by atoms with E-state index >= 15 is 0 Å². The molecule has 0 spiro atoms. The maximum Gasteiger partial charge on any atom is 0.407 e. The van der Waals surface area contributed by atoms with Gasteiger partial charge in [0.25, 0.3) is 5.91 Å². The highest BCUT2D eigenvalue weighted by Gasteiger charge is 2.23. The largest absolute Gasteiger partial charge is 0.450 e. The predicted octanol–water partition coefficient (Wildman–Crippen LogP) is 3.97. The van der Waals surface area contributed by atoms with E-state index in [9.17, 15) is 9.59 Å². The van der Waals surface area contributed by atoms with E-state index in [2.05, 4.69) is 25.6 Å². The van der Waals surface area contributed by atoms with Crippen LogP contribution in [0.2, 0.25) is 0 Å². The molecule has 1 aliphatic carbocycles. The fraction of sp³-hybridized carbons (Fsp3) is 0.400. The van der Waals surface area contributed by atoms with Crippen LogP contribution in [-0.4, -0.2) is 46.6 Å². The van der Waals surface area contributed by atoms with Crippen molar-refractivity contribution in [3.05, 3.63) is 54.5 Å². The van der Waals surface area contributed by atoms with Gasteiger partial charge in [0, 0.05) is 30.9 Å². The Morgan fingerprint density at radius 2 is 1.73 bits per heavy atom. The van der Waals surface area contributed by atoms with Crippen molar-refractivity contribution in [2.24, 2.45) is 11.8 Å². The molecule has 2 amide bonds. The van der Waals surface area contributed by atoms with Gasteiger partial charge in [0.05, 0.1) is 29.6 Å². The van der Waals surface area contributed by atoms with Gasteiger partial charge in [-0.2, -0.15) is 0 Å². The highest BCUT2D eigenvalue weighted by Crippen LogP contribution is 2.28. The van der Waals surface area contributed by atoms with Gasteiger partial charge in [-0.1, -0.05) is 18.2 Å². The zero-order valence-electron chi connectivity index (χ0n) is 18.8. The average Bonchev–Trinajstić information content (AvgIpc) is 2.86. The van der Waals surface area contributed by atoms with Crippen LogP contribution in [0.4, 0.5) is 4.79 Å². The number of hydrogen-bond donors (Lipinski definition) is 2. The highest BCUT2D eigenvalue weighted by atomic mass is 16.5. The van der Waals surface area contributed by atoms with Gasteiger partial charge >= 0.3 is 6.09 Å². The molecule has 1 aliphatic rings. The summed E-state index contributed by atoms with van der Waals surface area (Å²) in [7, 11) is 0. The van der Waals surface area contributed by atoms with Crippen LogP contribution in [0.5, 0.6) is 0 Å². The lowest BCUT2D eigenvalue weighted by molar-refractivity contribution is 0.0942. The SMILES string of the molecule is CCOC(=O)NCC1CCC(CNC(=O)c2cc(-c3cnccn3)nc3ccccc23)CC1. The number of amides is 2. The summed E-state index contributed by atoms with van der Waals surface area (Å²) < 4.78 is 4.92. The van der Waals surface area contributed by atoms with Gasteiger partial charge in [0.2, 0.25) is 0 Å². The summed E-state index contributed by atoms with van der Waals surface area (Å²) in [6.07, 6.45) is 8.63. The molecule has 172 valence electrons. The van der Waals surface area contributed by atoms with E-state index in [1.54, 1.807) is 31.6 Å². The molecular formula is C25H29N5O3. The number of pyridine rings is 1. The first kappa shape index (κ1) is 22.6. The summed E-state index contributed by atoms with van der Waals surface area (Å²) in [5.74, 6) is 0.783. The van der Waals surface area contributed by atoms with Crippen molar-refractivity contribution in [3.8, 4) is 11.4 Å². The summed E-state index contributed by atoms with van der Waals surface area (Å²) >= 11 is 0. The minimum Gasteiger partial charge on any atom is -0.450 e. The Labute approximate surface area is 193 Å². The van der Waals surface area contributed by atoms with Crippen LogP contribution in [0, 0.1) is 11.8 Å². The topological polar surface area (TPSA) is 106 Å². The van der Waals surface area contributed by atoms with Crippen LogP contribution in [0.25, 0.3) is 22.3 Å². The smallest absolute Gasteiger partial charge is 0.407 e. The minimum absolute atomic E-state index is 0.107. The number of ether oxygens (including phenoxy) is 1. The third-order valence-electron chi connectivity index (χ3n) is 6.11. The maximum absolute atomic E-state index is 13.2. The summed E-state index contributed by atoms with van der Waals surface area (Å²) in [5, 5.41) is 6.77. The Morgan fingerprint density at radius 3 is 2.42 bits per heavy atom. The van der Waals surface area contributed by atoms with Gasteiger partial charge in [0.15, 0.2) is 0 Å². The summed E-state index contributed by atoms with van der Waals surface area (Å²) in [4.78, 5) is 37.7. The fourth-order valence-electron chi connectivity index (χ4n) is 4.31. The molecule has 4 rings (SSSR count). The lowest BCUT2D eigenvalue weighted by atomic mass is 9.82. The second-order valence-electron chi connectivity index (χ2n) is 8.36. The Balaban J connectivity index is 1.37. The Morgan fingerprint density at radius 1 is 1.00 bits per heavy atom. The molecule has 0 saturated heterocycles. The zero-order chi connectivity index (χ0) is 23.0. The number of para-hydroxylation sites is 1. The van der Waals surface area contributed by atoms with Crippen LogP contribution in [0.3, 0.4) is 0 Å². The molecule has 1 fully saturated rings. The van der Waals surface area contributed by atoms with Crippen LogP contribution < -0.4 is 10.6 Å². The molecule has 0 aliphatic heterocycles. The molecule has 0 radical (unpaired) electrons. The van der Waals surface area contributed by atoms with Crippen molar-refractivity contribution in [2.45, 2.75) is 32.6 Å². The quantitative estimate of drug-likeness (QED) is 0.568. The number of alkyl carbamates (subject to hydrolysis) is 1. The highest BCUT2D eigenvalue weighted by molar-refractivity contribution is 6.07. The number of carbonyl (C=O) groups is 2. The van der Waals surface area contributed by atoms with Crippen molar-refractivity contribution < 1.29 is 14.3 Å². The predicted molar refractivity (Wildman–Crippen MR) is 126 cm³/mol. The van der Waals surface area contributed by atoms with E-state index < -0.39 is 0 Å². The third-order valence-corrected chi connectivity index (χ3v) is 6.11. The molecule has 8 nitrogen and oxygen atoms in total. The molecule has 1 saturated carbocycles. The van der Waals surface area contributed by atoms with Crippen molar-refractivity contribution in [1.29, 1.82) is 0 Å². The Kier molecular flexibility index (Phi) is 7.44. The minimum atomic E-state index is -0.350. The van der Waals surface area contributed by atoms with E-state index in [1.165, 1.54) is 0 Å². The van der Waals surface area contributed by atoms with Gasteiger partial charge in [-0.05, 0) is 56.6 Å². The molecule has 3 aromatic rings. The molecule has 0 atom stereocenters. The van der Waals surface area contributed by atoms with Gasteiger partial charge < -0.3 is 15.4 Å². The van der Waals surface area contributed by atoms with Crippen molar-refractivity contribution >= 4 is 22.9 Å². The molecule has 1 aromatic carbocycles. The van der Waals surface area contributed by atoms with E-state index in [0.29, 0.717) is 48.5 Å². The number of rotatable bonds is 7. The summed E-state index contributed by atoms with van der Waals surface area (Å²) in [5.41, 5.74) is 2.60. The lowest BCUT2D eigenvalue weighted by Gasteiger charge is -2.28. The molecule has 0 bridgehead atoms. The van der Waals surface area contributed by atoms with Crippen LogP contribution in [0.15, 0.2) is 48.9 Å². The monoisotopic (exact) mass is 447 g/mol. The number of nitrogens with one attached hydrogen (secondary N) is 2. The normalized spacial score (nSPS) is 18.0. The van der Waals surface area contributed by atoms with Crippen LogP contribution >= 0.6 is 0 Å². The molecule has 2 N–H and O–H groups in total. The number of aromatic nitrogens is 3. The molecule has 2 heterocycles. The average molecular weight is 448 g/mol. The fourth-order valence-corrected chi connectivity index (χ4v) is 4.31. The molecule has 8 heteroatoms. The zero-order valence-corrected chi connectivity index (χ0v) is 18.8. The first-order valence-electron chi connectivity index (χ1n) is 11.5. The second-order valence-corrected chi connectivity index (χ2v) is 8.36. The van der Waals surface area contributed by atoms with Gasteiger partial charge in [-0.25, -0.2) is 9.78 Å². The first-order valence-corrected chi connectivity index (χ1v) is 11.5. The lowest BCUT2D eigenvalue weighted by Crippen LogP contribution is -2.35. The molecule has 2 aromatic heterocycles. The molecular weight excluding hydrogens is 418 g/mol. The van der Waals surface area contributed by atoms with Crippen molar-refractivity contribution in [1.82, 2.24) is 25.6 Å². The maximum atomic E-state index is 13.2. The second kappa shape index (κ2) is 10.8. The van der Waals surface area contributed by atoms with Crippen LogP contribution in [0.1, 0.15) is 43.0 Å². The number of nitrogens with zero attached hydrogens (tertiary/aromatic N) is 3. The number of fused-ring (bicyclic) bond motifs is 1. The van der Waals surface area contributed by atoms with Gasteiger partial charge in [0.1, 0.15) is 5.69 Å². The van der Waals surface area contributed by atoms with E-state index in [-0.39, 0.29) is 12.0 Å². The standard InChI is InChI=1S/C25H29N5O3/c1-2-33-25(32)29-15-18-9-7-17(8-10-18)14-28-24(31)20-13-22(23-16-26-11-12-27-23)30-21-6-4-3-5-19(20)21/h3-6,11-13,16-18H,2,7-10,14-15H2,1H3,(H,28,31)(H,29,32). The number of carbonyl (C=O) groups excluding carboxylic acids is 2. The summed E-state index contributed by atoms with van der Waals surface area (Å²) in [6, 6.07) is 9.43. The summed E-state index contributed by atoms with van der Waals surface area (Å²) in [6.45, 7) is 3.45. The third kappa shape index (κ3) is 5.83.